The first kappa shape index (κ1) is 28.5. The molecule has 8 nitrogen and oxygen atoms in total. The maximum absolute atomic E-state index is 13.4. The number of amides is 1. The summed E-state index contributed by atoms with van der Waals surface area (Å²) < 4.78 is 23.0. The van der Waals surface area contributed by atoms with Gasteiger partial charge in [-0.3, -0.25) is 9.59 Å². The van der Waals surface area contributed by atoms with Crippen molar-refractivity contribution in [3.05, 3.63) is 59.2 Å². The number of aliphatic hydroxyl groups excluding tert-OH is 1. The molecule has 1 N–H and O–H groups in total. The van der Waals surface area contributed by atoms with Gasteiger partial charge in [0, 0.05) is 18.7 Å². The highest BCUT2D eigenvalue weighted by molar-refractivity contribution is 6.46. The van der Waals surface area contributed by atoms with E-state index < -0.39 is 17.7 Å². The molecule has 0 aliphatic carbocycles. The molecule has 2 aromatic rings. The molecule has 39 heavy (non-hydrogen) atoms. The SMILES string of the molecule is CCCCOc1ccc(/C(O)=C2/C(=O)C(=O)N(CC3CCCO3)C2c2ccc(OCCCC)c(OC)c2)cc1. The molecule has 2 aromatic carbocycles. The summed E-state index contributed by atoms with van der Waals surface area (Å²) in [4.78, 5) is 28.2. The number of nitrogens with zero attached hydrogens (tertiary/aromatic N) is 1. The van der Waals surface area contributed by atoms with E-state index >= 15 is 0 Å². The molecule has 0 saturated carbocycles. The Kier molecular flexibility index (Phi) is 9.87. The number of benzene rings is 2. The Morgan fingerprint density at radius 2 is 1.72 bits per heavy atom. The number of carbonyl (C=O) groups excluding carboxylic acids is 2. The van der Waals surface area contributed by atoms with Crippen molar-refractivity contribution in [1.82, 2.24) is 4.90 Å². The van der Waals surface area contributed by atoms with Gasteiger partial charge in [-0.15, -0.1) is 0 Å². The third-order valence-electron chi connectivity index (χ3n) is 7.12. The number of ether oxygens (including phenoxy) is 4. The molecular formula is C31H39NO7. The highest BCUT2D eigenvalue weighted by atomic mass is 16.5. The van der Waals surface area contributed by atoms with Gasteiger partial charge in [-0.2, -0.15) is 0 Å². The molecule has 2 aliphatic rings. The fourth-order valence-electron chi connectivity index (χ4n) is 4.92. The van der Waals surface area contributed by atoms with Crippen LogP contribution in [0.4, 0.5) is 0 Å². The van der Waals surface area contributed by atoms with Crippen molar-refractivity contribution < 1.29 is 33.6 Å². The quantitative estimate of drug-likeness (QED) is 0.153. The van der Waals surface area contributed by atoms with Crippen LogP contribution in [-0.4, -0.2) is 61.3 Å². The van der Waals surface area contributed by atoms with Crippen LogP contribution < -0.4 is 14.2 Å². The number of rotatable bonds is 13. The Balaban J connectivity index is 1.72. The summed E-state index contributed by atoms with van der Waals surface area (Å²) >= 11 is 0. The van der Waals surface area contributed by atoms with Crippen LogP contribution >= 0.6 is 0 Å². The molecule has 2 heterocycles. The summed E-state index contributed by atoms with van der Waals surface area (Å²) in [7, 11) is 1.55. The molecule has 0 bridgehead atoms. The van der Waals surface area contributed by atoms with Gasteiger partial charge < -0.3 is 29.0 Å². The van der Waals surface area contributed by atoms with Crippen LogP contribution in [0.3, 0.4) is 0 Å². The molecule has 0 radical (unpaired) electrons. The van der Waals surface area contributed by atoms with Crippen molar-refractivity contribution in [3.8, 4) is 17.2 Å². The number of ketones is 1. The third kappa shape index (κ3) is 6.56. The van der Waals surface area contributed by atoms with E-state index in [4.69, 9.17) is 18.9 Å². The number of hydrogen-bond acceptors (Lipinski definition) is 7. The van der Waals surface area contributed by atoms with Gasteiger partial charge in [0.1, 0.15) is 11.5 Å². The van der Waals surface area contributed by atoms with Crippen molar-refractivity contribution in [2.75, 3.05) is 33.5 Å². The molecule has 8 heteroatoms. The lowest BCUT2D eigenvalue weighted by atomic mass is 9.94. The Labute approximate surface area is 230 Å². The first-order chi connectivity index (χ1) is 19.0. The average molecular weight is 538 g/mol. The summed E-state index contributed by atoms with van der Waals surface area (Å²) in [5.74, 6) is 0.165. The highest BCUT2D eigenvalue weighted by Crippen LogP contribution is 2.42. The smallest absolute Gasteiger partial charge is 0.295 e. The molecular weight excluding hydrogens is 498 g/mol. The van der Waals surface area contributed by atoms with E-state index in [1.165, 1.54) is 4.90 Å². The standard InChI is InChI=1S/C31H39NO7/c1-4-6-16-37-23-13-10-21(11-14-23)29(33)27-28(32(31(35)30(27)34)20-24-9-8-18-38-24)22-12-15-25(26(19-22)36-3)39-17-7-5-2/h10-15,19,24,28,33H,4-9,16-18,20H2,1-3H3/b29-27-. The minimum atomic E-state index is -0.798. The molecule has 2 aliphatic heterocycles. The van der Waals surface area contributed by atoms with Crippen molar-refractivity contribution >= 4 is 17.4 Å². The van der Waals surface area contributed by atoms with Gasteiger partial charge in [-0.25, -0.2) is 0 Å². The van der Waals surface area contributed by atoms with Crippen LogP contribution in [0.15, 0.2) is 48.0 Å². The van der Waals surface area contributed by atoms with E-state index in [1.807, 2.05) is 6.07 Å². The number of Topliss-reactive ketones (excluding diaryl/α,β-unsaturated/α-hetero) is 1. The molecule has 0 aromatic heterocycles. The molecule has 2 unspecified atom stereocenters. The molecule has 210 valence electrons. The average Bonchev–Trinajstić information content (AvgIpc) is 3.56. The van der Waals surface area contributed by atoms with Crippen LogP contribution in [0, 0.1) is 0 Å². The first-order valence-electron chi connectivity index (χ1n) is 13.9. The van der Waals surface area contributed by atoms with Gasteiger partial charge in [0.2, 0.25) is 0 Å². The van der Waals surface area contributed by atoms with E-state index in [1.54, 1.807) is 43.5 Å². The lowest BCUT2D eigenvalue weighted by Crippen LogP contribution is -2.36. The number of likely N-dealkylation sites (tertiary alicyclic amines) is 1. The van der Waals surface area contributed by atoms with Crippen LogP contribution in [0.1, 0.15) is 69.5 Å². The van der Waals surface area contributed by atoms with E-state index in [0.29, 0.717) is 48.2 Å². The van der Waals surface area contributed by atoms with E-state index in [2.05, 4.69) is 13.8 Å². The van der Waals surface area contributed by atoms with Crippen molar-refractivity contribution in [2.24, 2.45) is 0 Å². The predicted molar refractivity (Wildman–Crippen MR) is 148 cm³/mol. The lowest BCUT2D eigenvalue weighted by molar-refractivity contribution is -0.140. The number of carbonyl (C=O) groups is 2. The zero-order chi connectivity index (χ0) is 27.8. The maximum Gasteiger partial charge on any atom is 0.295 e. The van der Waals surface area contributed by atoms with Crippen molar-refractivity contribution in [2.45, 2.75) is 64.5 Å². The van der Waals surface area contributed by atoms with Crippen molar-refractivity contribution in [3.63, 3.8) is 0 Å². The number of hydrogen-bond donors (Lipinski definition) is 1. The van der Waals surface area contributed by atoms with Crippen LogP contribution in [-0.2, 0) is 14.3 Å². The van der Waals surface area contributed by atoms with E-state index in [0.717, 1.165) is 38.5 Å². The topological polar surface area (TPSA) is 94.5 Å². The minimum Gasteiger partial charge on any atom is -0.507 e. The van der Waals surface area contributed by atoms with Gasteiger partial charge in [-0.1, -0.05) is 32.8 Å². The third-order valence-corrected chi connectivity index (χ3v) is 7.12. The number of aliphatic hydroxyl groups is 1. The van der Waals surface area contributed by atoms with Crippen LogP contribution in [0.25, 0.3) is 5.76 Å². The zero-order valence-corrected chi connectivity index (χ0v) is 23.1. The fourth-order valence-corrected chi connectivity index (χ4v) is 4.92. The Morgan fingerprint density at radius 1 is 1.00 bits per heavy atom. The monoisotopic (exact) mass is 537 g/mol. The van der Waals surface area contributed by atoms with Crippen LogP contribution in [0.5, 0.6) is 17.2 Å². The number of methoxy groups -OCH3 is 1. The Bertz CT molecular complexity index is 1170. The van der Waals surface area contributed by atoms with Crippen molar-refractivity contribution in [1.29, 1.82) is 0 Å². The second kappa shape index (κ2) is 13.5. The molecule has 2 saturated heterocycles. The normalized spacial score (nSPS) is 20.4. The molecule has 0 spiro atoms. The van der Waals surface area contributed by atoms with E-state index in [9.17, 15) is 14.7 Å². The van der Waals surface area contributed by atoms with Gasteiger partial charge in [0.15, 0.2) is 11.5 Å². The molecule has 2 fully saturated rings. The summed E-state index contributed by atoms with van der Waals surface area (Å²) in [5.41, 5.74) is 1.12. The summed E-state index contributed by atoms with van der Waals surface area (Å²) in [6.07, 6.45) is 5.44. The lowest BCUT2D eigenvalue weighted by Gasteiger charge is -2.28. The fraction of sp³-hybridized carbons (Fsp3) is 0.484. The van der Waals surface area contributed by atoms with Gasteiger partial charge in [0.25, 0.3) is 11.7 Å². The summed E-state index contributed by atoms with van der Waals surface area (Å²) in [6, 6.07) is 11.5. The molecule has 2 atom stereocenters. The second-order valence-corrected chi connectivity index (χ2v) is 9.93. The first-order valence-corrected chi connectivity index (χ1v) is 13.9. The largest absolute Gasteiger partial charge is 0.507 e. The number of unbranched alkanes of at least 4 members (excludes halogenated alkanes) is 2. The Hall–Kier alpha value is -3.52. The highest BCUT2D eigenvalue weighted by Gasteiger charge is 2.47. The maximum atomic E-state index is 13.4. The summed E-state index contributed by atoms with van der Waals surface area (Å²) in [6.45, 7) is 6.24. The summed E-state index contributed by atoms with van der Waals surface area (Å²) in [5, 5.41) is 11.4. The van der Waals surface area contributed by atoms with Crippen LogP contribution in [0.2, 0.25) is 0 Å². The molecule has 4 rings (SSSR count). The van der Waals surface area contributed by atoms with Gasteiger partial charge in [-0.05, 0) is 67.6 Å². The molecule has 1 amide bonds. The van der Waals surface area contributed by atoms with Gasteiger partial charge in [0.05, 0.1) is 38.0 Å². The second-order valence-electron chi connectivity index (χ2n) is 9.93. The zero-order valence-electron chi connectivity index (χ0n) is 23.1. The van der Waals surface area contributed by atoms with E-state index in [-0.39, 0.29) is 24.0 Å². The predicted octanol–water partition coefficient (Wildman–Crippen LogP) is 5.65. The Morgan fingerprint density at radius 3 is 2.36 bits per heavy atom. The van der Waals surface area contributed by atoms with Gasteiger partial charge >= 0.3 is 0 Å². The minimum absolute atomic E-state index is 0.0411.